The zero-order valence-electron chi connectivity index (χ0n) is 9.59. The average Bonchev–Trinajstić information content (AvgIpc) is 2.61. The van der Waals surface area contributed by atoms with Gasteiger partial charge in [-0.25, -0.2) is 0 Å². The van der Waals surface area contributed by atoms with Crippen molar-refractivity contribution in [1.82, 2.24) is 10.3 Å². The summed E-state index contributed by atoms with van der Waals surface area (Å²) in [5, 5.41) is 13.2. The Morgan fingerprint density at radius 2 is 2.25 bits per heavy atom. The second-order valence-electron chi connectivity index (χ2n) is 3.95. The highest BCUT2D eigenvalue weighted by Crippen LogP contribution is 2.23. The summed E-state index contributed by atoms with van der Waals surface area (Å²) in [4.78, 5) is 3.35. The van der Waals surface area contributed by atoms with Crippen LogP contribution in [0.3, 0.4) is 0 Å². The largest absolute Gasteiger partial charge is 0.358 e. The Kier molecular flexibility index (Phi) is 2.93. The smallest absolute Gasteiger partial charge is 0.0991 e. The number of nitrogens with zero attached hydrogens (tertiary/aromatic N) is 1. The Balaban J connectivity index is 2.53. The van der Waals surface area contributed by atoms with Crippen molar-refractivity contribution in [3.8, 4) is 6.07 Å². The first-order valence-electron chi connectivity index (χ1n) is 5.42. The van der Waals surface area contributed by atoms with E-state index in [0.29, 0.717) is 0 Å². The fourth-order valence-electron chi connectivity index (χ4n) is 2.02. The van der Waals surface area contributed by atoms with Gasteiger partial charge in [-0.1, -0.05) is 0 Å². The number of fused-ring (bicyclic) bond motifs is 1. The summed E-state index contributed by atoms with van der Waals surface area (Å²) in [7, 11) is 1.95. The minimum atomic E-state index is 0.720. The molecule has 0 aliphatic heterocycles. The van der Waals surface area contributed by atoms with Crippen LogP contribution in [0.4, 0.5) is 0 Å². The molecule has 3 nitrogen and oxygen atoms in total. The van der Waals surface area contributed by atoms with Gasteiger partial charge in [0.1, 0.15) is 0 Å². The number of H-pyrrole nitrogens is 1. The van der Waals surface area contributed by atoms with Gasteiger partial charge in [-0.3, -0.25) is 0 Å². The van der Waals surface area contributed by atoms with Crippen molar-refractivity contribution in [2.75, 3.05) is 13.6 Å². The van der Waals surface area contributed by atoms with E-state index in [1.807, 2.05) is 25.2 Å². The van der Waals surface area contributed by atoms with Crippen molar-refractivity contribution in [2.24, 2.45) is 0 Å². The van der Waals surface area contributed by atoms with E-state index in [4.69, 9.17) is 5.26 Å². The quantitative estimate of drug-likeness (QED) is 0.820. The number of aryl methyl sites for hydroxylation is 1. The molecule has 0 unspecified atom stereocenters. The van der Waals surface area contributed by atoms with Gasteiger partial charge in [-0.15, -0.1) is 0 Å². The zero-order valence-corrected chi connectivity index (χ0v) is 9.59. The number of nitrogens with one attached hydrogen (secondary N) is 2. The third kappa shape index (κ3) is 1.80. The van der Waals surface area contributed by atoms with Crippen molar-refractivity contribution in [3.63, 3.8) is 0 Å². The molecule has 0 fully saturated rings. The number of rotatable bonds is 3. The van der Waals surface area contributed by atoms with Gasteiger partial charge < -0.3 is 10.3 Å². The summed E-state index contributed by atoms with van der Waals surface area (Å²) >= 11 is 0. The summed E-state index contributed by atoms with van der Waals surface area (Å²) in [5.41, 5.74) is 4.33. The van der Waals surface area contributed by atoms with Gasteiger partial charge in [0.05, 0.1) is 11.6 Å². The zero-order chi connectivity index (χ0) is 11.5. The van der Waals surface area contributed by atoms with Gasteiger partial charge >= 0.3 is 0 Å². The molecule has 0 saturated carbocycles. The van der Waals surface area contributed by atoms with Crippen LogP contribution in [0.1, 0.15) is 16.8 Å². The van der Waals surface area contributed by atoms with Crippen LogP contribution in [0.25, 0.3) is 10.9 Å². The first-order valence-corrected chi connectivity index (χ1v) is 5.42. The topological polar surface area (TPSA) is 51.6 Å². The lowest BCUT2D eigenvalue weighted by molar-refractivity contribution is 0.791. The van der Waals surface area contributed by atoms with E-state index in [1.54, 1.807) is 0 Å². The molecule has 16 heavy (non-hydrogen) atoms. The van der Waals surface area contributed by atoms with Crippen molar-refractivity contribution >= 4 is 10.9 Å². The summed E-state index contributed by atoms with van der Waals surface area (Å²) < 4.78 is 0. The van der Waals surface area contributed by atoms with Crippen molar-refractivity contribution < 1.29 is 0 Å². The number of benzene rings is 1. The number of aromatic amines is 1. The van der Waals surface area contributed by atoms with E-state index < -0.39 is 0 Å². The maximum Gasteiger partial charge on any atom is 0.0991 e. The van der Waals surface area contributed by atoms with Crippen molar-refractivity contribution in [1.29, 1.82) is 5.26 Å². The summed E-state index contributed by atoms with van der Waals surface area (Å²) in [5.74, 6) is 0. The molecule has 2 N–H and O–H groups in total. The fraction of sp³-hybridized carbons (Fsp3) is 0.308. The van der Waals surface area contributed by atoms with Crippen molar-refractivity contribution in [3.05, 3.63) is 35.0 Å². The summed E-state index contributed by atoms with van der Waals surface area (Å²) in [6.45, 7) is 3.03. The predicted octanol–water partition coefficient (Wildman–Crippen LogP) is 2.11. The summed E-state index contributed by atoms with van der Waals surface area (Å²) in [6, 6.07) is 7.97. The molecule has 0 bridgehead atoms. The first kappa shape index (κ1) is 10.7. The molecule has 1 aromatic carbocycles. The Bertz CT molecular complexity index is 546. The number of hydrogen-bond acceptors (Lipinski definition) is 2. The molecular formula is C13H15N3. The van der Waals surface area contributed by atoms with Gasteiger partial charge in [-0.05, 0) is 50.7 Å². The minimum Gasteiger partial charge on any atom is -0.358 e. The van der Waals surface area contributed by atoms with Gasteiger partial charge in [0, 0.05) is 16.6 Å². The lowest BCUT2D eigenvalue weighted by Crippen LogP contribution is -2.10. The van der Waals surface area contributed by atoms with E-state index in [0.717, 1.165) is 24.0 Å². The Hall–Kier alpha value is -1.79. The van der Waals surface area contributed by atoms with Gasteiger partial charge in [0.25, 0.3) is 0 Å². The lowest BCUT2D eigenvalue weighted by Gasteiger charge is -2.00. The molecule has 0 amide bonds. The maximum atomic E-state index is 8.90. The fourth-order valence-corrected chi connectivity index (χ4v) is 2.02. The molecule has 3 heteroatoms. The van der Waals surface area contributed by atoms with Gasteiger partial charge in [0.15, 0.2) is 0 Å². The molecule has 1 heterocycles. The molecule has 1 aromatic heterocycles. The Morgan fingerprint density at radius 1 is 1.44 bits per heavy atom. The molecule has 0 aliphatic rings. The SMILES string of the molecule is CNCCc1c(C)[nH]c2ccc(C#N)cc12. The van der Waals surface area contributed by atoms with Crippen LogP contribution >= 0.6 is 0 Å². The van der Waals surface area contributed by atoms with Crippen LogP contribution < -0.4 is 5.32 Å². The van der Waals surface area contributed by atoms with Crippen LogP contribution in [0, 0.1) is 18.3 Å². The number of aromatic nitrogens is 1. The number of hydrogen-bond donors (Lipinski definition) is 2. The van der Waals surface area contributed by atoms with Crippen LogP contribution in [-0.4, -0.2) is 18.6 Å². The Morgan fingerprint density at radius 3 is 2.94 bits per heavy atom. The summed E-state index contributed by atoms with van der Waals surface area (Å²) in [6.07, 6.45) is 0.983. The maximum absolute atomic E-state index is 8.90. The molecule has 2 aromatic rings. The molecule has 0 aliphatic carbocycles. The van der Waals surface area contributed by atoms with Crippen molar-refractivity contribution in [2.45, 2.75) is 13.3 Å². The second kappa shape index (κ2) is 4.38. The van der Waals surface area contributed by atoms with E-state index in [9.17, 15) is 0 Å². The number of nitriles is 1. The highest BCUT2D eigenvalue weighted by Gasteiger charge is 2.08. The molecule has 0 atom stereocenters. The highest BCUT2D eigenvalue weighted by atomic mass is 14.8. The number of likely N-dealkylation sites (N-methyl/N-ethyl adjacent to an activating group) is 1. The molecule has 0 radical (unpaired) electrons. The van der Waals surface area contributed by atoms with E-state index >= 15 is 0 Å². The van der Waals surface area contributed by atoms with E-state index in [-0.39, 0.29) is 0 Å². The molecule has 2 rings (SSSR count). The predicted molar refractivity (Wildman–Crippen MR) is 65.4 cm³/mol. The van der Waals surface area contributed by atoms with Crippen LogP contribution in [-0.2, 0) is 6.42 Å². The first-order chi connectivity index (χ1) is 7.76. The monoisotopic (exact) mass is 213 g/mol. The third-order valence-corrected chi connectivity index (χ3v) is 2.87. The molecular weight excluding hydrogens is 198 g/mol. The highest BCUT2D eigenvalue weighted by molar-refractivity contribution is 5.85. The minimum absolute atomic E-state index is 0.720. The van der Waals surface area contributed by atoms with Crippen LogP contribution in [0.5, 0.6) is 0 Å². The molecule has 0 saturated heterocycles. The average molecular weight is 213 g/mol. The Labute approximate surface area is 95.1 Å². The van der Waals surface area contributed by atoms with E-state index in [2.05, 4.69) is 23.3 Å². The lowest BCUT2D eigenvalue weighted by atomic mass is 10.1. The van der Waals surface area contributed by atoms with E-state index in [1.165, 1.54) is 16.6 Å². The normalized spacial score (nSPS) is 10.6. The second-order valence-corrected chi connectivity index (χ2v) is 3.95. The van der Waals surface area contributed by atoms with Crippen LogP contribution in [0.2, 0.25) is 0 Å². The van der Waals surface area contributed by atoms with Gasteiger partial charge in [0.2, 0.25) is 0 Å². The van der Waals surface area contributed by atoms with Crippen LogP contribution in [0.15, 0.2) is 18.2 Å². The molecule has 0 spiro atoms. The standard InChI is InChI=1S/C13H15N3/c1-9-11(5-6-15-2)12-7-10(8-14)3-4-13(12)16-9/h3-4,7,15-16H,5-6H2,1-2H3. The third-order valence-electron chi connectivity index (χ3n) is 2.87. The molecule has 82 valence electrons. The van der Waals surface area contributed by atoms with Gasteiger partial charge in [-0.2, -0.15) is 5.26 Å².